The number of nitrogens with zero attached hydrogens (tertiary/aromatic N) is 2. The Morgan fingerprint density at radius 3 is 2.17 bits per heavy atom. The van der Waals surface area contributed by atoms with Crippen molar-refractivity contribution < 1.29 is 17.9 Å². The van der Waals surface area contributed by atoms with E-state index in [1.165, 1.54) is 13.2 Å². The summed E-state index contributed by atoms with van der Waals surface area (Å²) in [6.45, 7) is 0.309. The molecule has 7 heteroatoms. The molecule has 0 unspecified atom stereocenters. The molecule has 0 aliphatic carbocycles. The van der Waals surface area contributed by atoms with Gasteiger partial charge in [-0.1, -0.05) is 60.7 Å². The van der Waals surface area contributed by atoms with Crippen LogP contribution in [0.2, 0.25) is 0 Å². The SMILES string of the molecule is COc1cc(S(=O)(=O)c2ccccc2)c(-c2nc3ccccc3n2C)cc1OCc1ccccc1. The van der Waals surface area contributed by atoms with Crippen molar-refractivity contribution in [2.45, 2.75) is 16.4 Å². The first-order chi connectivity index (χ1) is 17.0. The summed E-state index contributed by atoms with van der Waals surface area (Å²) in [6, 6.07) is 29.0. The van der Waals surface area contributed by atoms with Crippen LogP contribution in [0.1, 0.15) is 5.56 Å². The number of rotatable bonds is 7. The van der Waals surface area contributed by atoms with Gasteiger partial charge in [0, 0.05) is 18.7 Å². The fourth-order valence-corrected chi connectivity index (χ4v) is 5.53. The summed E-state index contributed by atoms with van der Waals surface area (Å²) in [7, 11) is -0.506. The molecule has 0 bridgehead atoms. The second-order valence-electron chi connectivity index (χ2n) is 8.07. The van der Waals surface area contributed by atoms with Crippen LogP contribution in [0.5, 0.6) is 11.5 Å². The zero-order chi connectivity index (χ0) is 24.4. The lowest BCUT2D eigenvalue weighted by Crippen LogP contribution is -2.08. The number of fused-ring (bicyclic) bond motifs is 1. The van der Waals surface area contributed by atoms with Gasteiger partial charge in [0.25, 0.3) is 0 Å². The van der Waals surface area contributed by atoms with Crippen molar-refractivity contribution in [2.24, 2.45) is 7.05 Å². The van der Waals surface area contributed by atoms with E-state index in [0.29, 0.717) is 29.5 Å². The molecule has 0 spiro atoms. The topological polar surface area (TPSA) is 70.4 Å². The molecule has 4 aromatic carbocycles. The Labute approximate surface area is 204 Å². The lowest BCUT2D eigenvalue weighted by atomic mass is 10.1. The molecule has 176 valence electrons. The first-order valence-corrected chi connectivity index (χ1v) is 12.6. The van der Waals surface area contributed by atoms with E-state index in [-0.39, 0.29) is 9.79 Å². The van der Waals surface area contributed by atoms with Crippen LogP contribution in [-0.4, -0.2) is 25.1 Å². The zero-order valence-corrected chi connectivity index (χ0v) is 20.2. The van der Waals surface area contributed by atoms with Crippen LogP contribution in [0.3, 0.4) is 0 Å². The highest BCUT2D eigenvalue weighted by Gasteiger charge is 2.27. The van der Waals surface area contributed by atoms with Crippen LogP contribution >= 0.6 is 0 Å². The second kappa shape index (κ2) is 9.27. The van der Waals surface area contributed by atoms with Crippen LogP contribution < -0.4 is 9.47 Å². The Morgan fingerprint density at radius 1 is 0.829 bits per heavy atom. The van der Waals surface area contributed by atoms with Crippen molar-refractivity contribution in [2.75, 3.05) is 7.11 Å². The minimum atomic E-state index is -3.88. The van der Waals surface area contributed by atoms with Crippen molar-refractivity contribution in [1.29, 1.82) is 0 Å². The minimum Gasteiger partial charge on any atom is -0.493 e. The lowest BCUT2D eigenvalue weighted by Gasteiger charge is -2.17. The fraction of sp³-hybridized carbons (Fsp3) is 0.107. The predicted octanol–water partition coefficient (Wildman–Crippen LogP) is 5.66. The number of aromatic nitrogens is 2. The average molecular weight is 485 g/mol. The Hall–Kier alpha value is -4.10. The predicted molar refractivity (Wildman–Crippen MR) is 135 cm³/mol. The number of para-hydroxylation sites is 2. The van der Waals surface area contributed by atoms with Crippen LogP contribution in [0, 0.1) is 0 Å². The molecule has 1 aromatic heterocycles. The quantitative estimate of drug-likeness (QED) is 0.298. The third kappa shape index (κ3) is 4.26. The van der Waals surface area contributed by atoms with Gasteiger partial charge >= 0.3 is 0 Å². The number of hydrogen-bond donors (Lipinski definition) is 0. The Kier molecular flexibility index (Phi) is 6.01. The molecule has 5 aromatic rings. The molecule has 0 atom stereocenters. The van der Waals surface area contributed by atoms with E-state index in [1.54, 1.807) is 36.4 Å². The van der Waals surface area contributed by atoms with Gasteiger partial charge in [0.05, 0.1) is 27.9 Å². The molecular formula is C28H24N2O4S. The highest BCUT2D eigenvalue weighted by Crippen LogP contribution is 2.40. The molecule has 0 saturated carbocycles. The summed E-state index contributed by atoms with van der Waals surface area (Å²) in [6.07, 6.45) is 0. The van der Waals surface area contributed by atoms with E-state index < -0.39 is 9.84 Å². The molecule has 0 aliphatic heterocycles. The third-order valence-electron chi connectivity index (χ3n) is 5.87. The van der Waals surface area contributed by atoms with Gasteiger partial charge in [-0.2, -0.15) is 0 Å². The molecule has 6 nitrogen and oxygen atoms in total. The number of sulfone groups is 1. The highest BCUT2D eigenvalue weighted by atomic mass is 32.2. The summed E-state index contributed by atoms with van der Waals surface area (Å²) < 4.78 is 41.1. The number of benzene rings is 4. The summed E-state index contributed by atoms with van der Waals surface area (Å²) in [5.74, 6) is 1.29. The van der Waals surface area contributed by atoms with Crippen molar-refractivity contribution in [3.63, 3.8) is 0 Å². The van der Waals surface area contributed by atoms with E-state index in [2.05, 4.69) is 0 Å². The second-order valence-corrected chi connectivity index (χ2v) is 9.99. The van der Waals surface area contributed by atoms with Crippen molar-refractivity contribution in [1.82, 2.24) is 9.55 Å². The molecule has 0 fully saturated rings. The average Bonchev–Trinajstić information content (AvgIpc) is 3.24. The van der Waals surface area contributed by atoms with Gasteiger partial charge in [0.2, 0.25) is 9.84 Å². The van der Waals surface area contributed by atoms with Crippen molar-refractivity contribution >= 4 is 20.9 Å². The standard InChI is InChI=1S/C28H24N2O4S/c1-30-24-16-10-9-15-23(24)29-28(30)22-17-26(34-19-20-11-5-3-6-12-20)25(33-2)18-27(22)35(31,32)21-13-7-4-8-14-21/h3-18H,19H2,1-2H3. The molecule has 0 radical (unpaired) electrons. The van der Waals surface area contributed by atoms with E-state index in [9.17, 15) is 8.42 Å². The normalized spacial score (nSPS) is 11.5. The van der Waals surface area contributed by atoms with E-state index in [4.69, 9.17) is 14.5 Å². The first-order valence-electron chi connectivity index (χ1n) is 11.1. The molecule has 0 aliphatic rings. The third-order valence-corrected chi connectivity index (χ3v) is 7.68. The molecule has 1 heterocycles. The summed E-state index contributed by atoms with van der Waals surface area (Å²) in [5.41, 5.74) is 3.10. The maximum atomic E-state index is 13.8. The lowest BCUT2D eigenvalue weighted by molar-refractivity contribution is 0.284. The molecular weight excluding hydrogens is 460 g/mol. The van der Waals surface area contributed by atoms with E-state index in [1.807, 2.05) is 66.2 Å². The largest absolute Gasteiger partial charge is 0.493 e. The molecule has 0 N–H and O–H groups in total. The molecule has 0 amide bonds. The van der Waals surface area contributed by atoms with E-state index in [0.717, 1.165) is 16.6 Å². The molecule has 0 saturated heterocycles. The Bertz CT molecular complexity index is 1590. The van der Waals surface area contributed by atoms with Crippen LogP contribution in [-0.2, 0) is 23.5 Å². The van der Waals surface area contributed by atoms with Crippen LogP contribution in [0.15, 0.2) is 107 Å². The summed E-state index contributed by atoms with van der Waals surface area (Å²) >= 11 is 0. The fourth-order valence-electron chi connectivity index (χ4n) is 4.06. The summed E-state index contributed by atoms with van der Waals surface area (Å²) in [4.78, 5) is 5.06. The Morgan fingerprint density at radius 2 is 1.49 bits per heavy atom. The smallest absolute Gasteiger partial charge is 0.207 e. The Balaban J connectivity index is 1.72. The number of ether oxygens (including phenoxy) is 2. The number of imidazole rings is 1. The number of aryl methyl sites for hydroxylation is 1. The van der Waals surface area contributed by atoms with E-state index >= 15 is 0 Å². The summed E-state index contributed by atoms with van der Waals surface area (Å²) in [5, 5.41) is 0. The monoisotopic (exact) mass is 484 g/mol. The first kappa shape index (κ1) is 22.7. The van der Waals surface area contributed by atoms with Gasteiger partial charge in [-0.3, -0.25) is 0 Å². The molecule has 35 heavy (non-hydrogen) atoms. The minimum absolute atomic E-state index is 0.103. The van der Waals surface area contributed by atoms with Crippen molar-refractivity contribution in [3.05, 3.63) is 103 Å². The van der Waals surface area contributed by atoms with Crippen LogP contribution in [0.4, 0.5) is 0 Å². The number of hydrogen-bond acceptors (Lipinski definition) is 5. The van der Waals surface area contributed by atoms with Gasteiger partial charge < -0.3 is 14.0 Å². The van der Waals surface area contributed by atoms with Gasteiger partial charge in [-0.05, 0) is 35.9 Å². The zero-order valence-electron chi connectivity index (χ0n) is 19.4. The maximum Gasteiger partial charge on any atom is 0.207 e. The van der Waals surface area contributed by atoms with Gasteiger partial charge in [-0.25, -0.2) is 13.4 Å². The highest BCUT2D eigenvalue weighted by molar-refractivity contribution is 7.91. The maximum absolute atomic E-state index is 13.8. The molecule has 5 rings (SSSR count). The van der Waals surface area contributed by atoms with Crippen molar-refractivity contribution in [3.8, 4) is 22.9 Å². The van der Waals surface area contributed by atoms with Gasteiger partial charge in [0.15, 0.2) is 11.5 Å². The number of methoxy groups -OCH3 is 1. The van der Waals surface area contributed by atoms with Gasteiger partial charge in [0.1, 0.15) is 12.4 Å². The van der Waals surface area contributed by atoms with Crippen LogP contribution in [0.25, 0.3) is 22.4 Å². The van der Waals surface area contributed by atoms with Gasteiger partial charge in [-0.15, -0.1) is 0 Å².